The monoisotopic (exact) mass is 260 g/mol. The molecule has 2 unspecified atom stereocenters. The normalized spacial score (nSPS) is 27.2. The van der Waals surface area contributed by atoms with Crippen molar-refractivity contribution in [1.82, 2.24) is 5.32 Å². The molecular weight excluding hydrogens is 236 g/mol. The van der Waals surface area contributed by atoms with E-state index in [-0.39, 0.29) is 0 Å². The van der Waals surface area contributed by atoms with E-state index in [1.165, 1.54) is 11.3 Å². The van der Waals surface area contributed by atoms with Gasteiger partial charge in [-0.2, -0.15) is 0 Å². The lowest BCUT2D eigenvalue weighted by atomic mass is 9.96. The molecule has 2 heterocycles. The minimum atomic E-state index is 0.334. The predicted molar refractivity (Wildman–Crippen MR) is 78.7 cm³/mol. The van der Waals surface area contributed by atoms with E-state index in [2.05, 4.69) is 42.3 Å². The second-order valence-corrected chi connectivity index (χ2v) is 5.70. The number of hydrogen-bond acceptors (Lipinski definition) is 3. The van der Waals surface area contributed by atoms with Crippen molar-refractivity contribution in [2.45, 2.75) is 45.4 Å². The van der Waals surface area contributed by atoms with Crippen LogP contribution in [-0.4, -0.2) is 31.8 Å². The topological polar surface area (TPSA) is 24.5 Å². The number of rotatable bonds is 2. The predicted octanol–water partition coefficient (Wildman–Crippen LogP) is 2.34. The average Bonchev–Trinajstić information content (AvgIpc) is 2.46. The number of morpholine rings is 1. The van der Waals surface area contributed by atoms with Gasteiger partial charge in [0.1, 0.15) is 0 Å². The zero-order valence-corrected chi connectivity index (χ0v) is 12.0. The third kappa shape index (κ3) is 2.49. The van der Waals surface area contributed by atoms with E-state index >= 15 is 0 Å². The average molecular weight is 260 g/mol. The fraction of sp³-hybridized carbons (Fsp3) is 0.625. The van der Waals surface area contributed by atoms with Crippen molar-refractivity contribution in [1.29, 1.82) is 0 Å². The lowest BCUT2D eigenvalue weighted by molar-refractivity contribution is 0.0299. The van der Waals surface area contributed by atoms with Crippen molar-refractivity contribution < 1.29 is 4.74 Å². The SMILES string of the molecule is CCC1COC(C)CN1c1cccc2c1CCNC2. The maximum Gasteiger partial charge on any atom is 0.0723 e. The highest BCUT2D eigenvalue weighted by Crippen LogP contribution is 2.30. The summed E-state index contributed by atoms with van der Waals surface area (Å²) in [5, 5.41) is 3.46. The van der Waals surface area contributed by atoms with E-state index in [1.54, 1.807) is 5.56 Å². The first-order chi connectivity index (χ1) is 9.29. The Hall–Kier alpha value is -1.06. The Bertz CT molecular complexity index is 446. The first-order valence-corrected chi connectivity index (χ1v) is 7.49. The Balaban J connectivity index is 1.95. The summed E-state index contributed by atoms with van der Waals surface area (Å²) in [5.74, 6) is 0. The third-order valence-electron chi connectivity index (χ3n) is 4.36. The van der Waals surface area contributed by atoms with E-state index in [9.17, 15) is 0 Å². The van der Waals surface area contributed by atoms with Crippen molar-refractivity contribution in [3.05, 3.63) is 29.3 Å². The minimum absolute atomic E-state index is 0.334. The van der Waals surface area contributed by atoms with Crippen molar-refractivity contribution in [3.8, 4) is 0 Å². The Morgan fingerprint density at radius 2 is 2.32 bits per heavy atom. The van der Waals surface area contributed by atoms with Crippen LogP contribution >= 0.6 is 0 Å². The van der Waals surface area contributed by atoms with Crippen LogP contribution in [0.5, 0.6) is 0 Å². The highest BCUT2D eigenvalue weighted by Gasteiger charge is 2.28. The summed E-state index contributed by atoms with van der Waals surface area (Å²) in [4.78, 5) is 2.58. The molecule has 104 valence electrons. The highest BCUT2D eigenvalue weighted by atomic mass is 16.5. The summed E-state index contributed by atoms with van der Waals surface area (Å²) in [5.41, 5.74) is 4.47. The summed E-state index contributed by atoms with van der Waals surface area (Å²) in [6, 6.07) is 7.28. The van der Waals surface area contributed by atoms with E-state index < -0.39 is 0 Å². The molecule has 1 aromatic carbocycles. The molecule has 0 spiro atoms. The van der Waals surface area contributed by atoms with Gasteiger partial charge in [-0.25, -0.2) is 0 Å². The molecule has 1 saturated heterocycles. The van der Waals surface area contributed by atoms with E-state index in [1.807, 2.05) is 0 Å². The van der Waals surface area contributed by atoms with E-state index in [4.69, 9.17) is 4.74 Å². The smallest absolute Gasteiger partial charge is 0.0723 e. The standard InChI is InChI=1S/C16H24N2O/c1-3-14-11-19-12(2)10-18(14)16-6-4-5-13-9-17-8-7-15(13)16/h4-6,12,14,17H,3,7-11H2,1-2H3. The molecular formula is C16H24N2O. The van der Waals surface area contributed by atoms with Gasteiger partial charge in [0.2, 0.25) is 0 Å². The Kier molecular flexibility index (Phi) is 3.76. The molecule has 0 radical (unpaired) electrons. The lowest BCUT2D eigenvalue weighted by Crippen LogP contribution is -2.49. The van der Waals surface area contributed by atoms with Crippen LogP contribution in [0.2, 0.25) is 0 Å². The summed E-state index contributed by atoms with van der Waals surface area (Å²) in [7, 11) is 0. The molecule has 2 aliphatic rings. The van der Waals surface area contributed by atoms with Crippen LogP contribution < -0.4 is 10.2 Å². The molecule has 3 rings (SSSR count). The van der Waals surface area contributed by atoms with Crippen molar-refractivity contribution in [2.75, 3.05) is 24.6 Å². The molecule has 2 aliphatic heterocycles. The Morgan fingerprint density at radius 3 is 3.16 bits per heavy atom. The van der Waals surface area contributed by atoms with Gasteiger partial charge in [-0.15, -0.1) is 0 Å². The van der Waals surface area contributed by atoms with E-state index in [0.717, 1.165) is 39.1 Å². The van der Waals surface area contributed by atoms with Gasteiger partial charge in [-0.05, 0) is 43.5 Å². The molecule has 0 saturated carbocycles. The van der Waals surface area contributed by atoms with Crippen LogP contribution in [-0.2, 0) is 17.7 Å². The third-order valence-corrected chi connectivity index (χ3v) is 4.36. The Labute approximate surface area is 115 Å². The Morgan fingerprint density at radius 1 is 1.42 bits per heavy atom. The fourth-order valence-corrected chi connectivity index (χ4v) is 3.26. The van der Waals surface area contributed by atoms with Gasteiger partial charge < -0.3 is 15.0 Å². The number of anilines is 1. The molecule has 0 bridgehead atoms. The van der Waals surface area contributed by atoms with Crippen LogP contribution in [0.25, 0.3) is 0 Å². The molecule has 1 N–H and O–H groups in total. The van der Waals surface area contributed by atoms with Crippen LogP contribution in [0.15, 0.2) is 18.2 Å². The molecule has 2 atom stereocenters. The quantitative estimate of drug-likeness (QED) is 0.883. The van der Waals surface area contributed by atoms with E-state index in [0.29, 0.717) is 12.1 Å². The van der Waals surface area contributed by atoms with Crippen LogP contribution in [0, 0.1) is 0 Å². The number of nitrogens with zero attached hydrogens (tertiary/aromatic N) is 1. The van der Waals surface area contributed by atoms with Crippen LogP contribution in [0.3, 0.4) is 0 Å². The maximum absolute atomic E-state index is 5.82. The first-order valence-electron chi connectivity index (χ1n) is 7.49. The van der Waals surface area contributed by atoms with Gasteiger partial charge in [0.05, 0.1) is 18.8 Å². The largest absolute Gasteiger partial charge is 0.375 e. The van der Waals surface area contributed by atoms with Crippen molar-refractivity contribution in [3.63, 3.8) is 0 Å². The fourth-order valence-electron chi connectivity index (χ4n) is 3.26. The molecule has 0 aliphatic carbocycles. The molecule has 0 amide bonds. The van der Waals surface area contributed by atoms with Crippen molar-refractivity contribution >= 4 is 5.69 Å². The number of ether oxygens (including phenoxy) is 1. The zero-order chi connectivity index (χ0) is 13.2. The maximum atomic E-state index is 5.82. The highest BCUT2D eigenvalue weighted by molar-refractivity contribution is 5.58. The van der Waals surface area contributed by atoms with Gasteiger partial charge in [0.25, 0.3) is 0 Å². The zero-order valence-electron chi connectivity index (χ0n) is 12.0. The number of fused-ring (bicyclic) bond motifs is 1. The van der Waals surface area contributed by atoms with Gasteiger partial charge in [0, 0.05) is 18.8 Å². The number of benzene rings is 1. The summed E-state index contributed by atoms with van der Waals surface area (Å²) < 4.78 is 5.82. The molecule has 3 nitrogen and oxygen atoms in total. The molecule has 0 aromatic heterocycles. The van der Waals surface area contributed by atoms with Crippen LogP contribution in [0.4, 0.5) is 5.69 Å². The molecule has 19 heavy (non-hydrogen) atoms. The number of nitrogens with one attached hydrogen (secondary N) is 1. The first kappa shape index (κ1) is 12.9. The summed E-state index contributed by atoms with van der Waals surface area (Å²) >= 11 is 0. The second-order valence-electron chi connectivity index (χ2n) is 5.70. The van der Waals surface area contributed by atoms with Crippen LogP contribution in [0.1, 0.15) is 31.4 Å². The van der Waals surface area contributed by atoms with Gasteiger partial charge in [-0.1, -0.05) is 19.1 Å². The van der Waals surface area contributed by atoms with Gasteiger partial charge >= 0.3 is 0 Å². The molecule has 3 heteroatoms. The minimum Gasteiger partial charge on any atom is -0.375 e. The lowest BCUT2D eigenvalue weighted by Gasteiger charge is -2.41. The number of hydrogen-bond donors (Lipinski definition) is 1. The summed E-state index contributed by atoms with van der Waals surface area (Å²) in [6.45, 7) is 8.42. The molecule has 1 aromatic rings. The molecule has 1 fully saturated rings. The van der Waals surface area contributed by atoms with Crippen molar-refractivity contribution in [2.24, 2.45) is 0 Å². The second kappa shape index (κ2) is 5.51. The van der Waals surface area contributed by atoms with Gasteiger partial charge in [0.15, 0.2) is 0 Å². The van der Waals surface area contributed by atoms with Gasteiger partial charge in [-0.3, -0.25) is 0 Å². The summed E-state index contributed by atoms with van der Waals surface area (Å²) in [6.07, 6.45) is 2.63.